The van der Waals surface area contributed by atoms with E-state index in [0.29, 0.717) is 12.0 Å². The van der Waals surface area contributed by atoms with E-state index in [4.69, 9.17) is 0 Å². The molecule has 118 valence electrons. The molecule has 0 aliphatic heterocycles. The fourth-order valence-corrected chi connectivity index (χ4v) is 3.23. The molecule has 0 spiro atoms. The highest BCUT2D eigenvalue weighted by Gasteiger charge is 2.29. The zero-order valence-electron chi connectivity index (χ0n) is 12.8. The maximum Gasteiger partial charge on any atom is 0.161 e. The van der Waals surface area contributed by atoms with Gasteiger partial charge in [0.15, 0.2) is 11.6 Å². The van der Waals surface area contributed by atoms with Crippen molar-refractivity contribution in [3.05, 3.63) is 35.1 Å². The van der Waals surface area contributed by atoms with E-state index in [1.54, 1.807) is 0 Å². The van der Waals surface area contributed by atoms with Gasteiger partial charge in [0.2, 0.25) is 0 Å². The van der Waals surface area contributed by atoms with Crippen LogP contribution in [0.4, 0.5) is 13.2 Å². The molecular weight excluding hydrogens is 275 g/mol. The van der Waals surface area contributed by atoms with Gasteiger partial charge >= 0.3 is 0 Å². The Morgan fingerprint density at radius 2 is 1.67 bits per heavy atom. The molecule has 1 saturated carbocycles. The summed E-state index contributed by atoms with van der Waals surface area (Å²) in [6.07, 6.45) is 5.15. The van der Waals surface area contributed by atoms with E-state index in [1.807, 2.05) is 6.92 Å². The monoisotopic (exact) mass is 299 g/mol. The Hall–Kier alpha value is -1.03. The molecule has 0 bridgehead atoms. The van der Waals surface area contributed by atoms with Gasteiger partial charge in [0.05, 0.1) is 0 Å². The second-order valence-corrected chi connectivity index (χ2v) is 6.24. The van der Waals surface area contributed by atoms with Crippen molar-refractivity contribution in [2.45, 2.75) is 52.0 Å². The van der Waals surface area contributed by atoms with Crippen molar-refractivity contribution in [3.63, 3.8) is 0 Å². The van der Waals surface area contributed by atoms with Crippen molar-refractivity contribution < 1.29 is 13.2 Å². The molecule has 1 N–H and O–H groups in total. The van der Waals surface area contributed by atoms with Crippen molar-refractivity contribution in [1.82, 2.24) is 5.32 Å². The van der Waals surface area contributed by atoms with Crippen LogP contribution in [0.5, 0.6) is 0 Å². The lowest BCUT2D eigenvalue weighted by atomic mass is 9.77. The zero-order chi connectivity index (χ0) is 15.4. The van der Waals surface area contributed by atoms with Gasteiger partial charge in [-0.15, -0.1) is 0 Å². The van der Waals surface area contributed by atoms with Crippen LogP contribution in [-0.2, 0) is 0 Å². The Labute approximate surface area is 124 Å². The van der Waals surface area contributed by atoms with Crippen LogP contribution < -0.4 is 5.32 Å². The van der Waals surface area contributed by atoms with Crippen LogP contribution in [0, 0.1) is 29.3 Å². The third-order valence-corrected chi connectivity index (χ3v) is 4.52. The fourth-order valence-electron chi connectivity index (χ4n) is 3.23. The maximum atomic E-state index is 14.1. The first-order valence-electron chi connectivity index (χ1n) is 7.90. The van der Waals surface area contributed by atoms with Gasteiger partial charge in [-0.1, -0.05) is 26.7 Å². The van der Waals surface area contributed by atoms with E-state index in [9.17, 15) is 13.2 Å². The highest BCUT2D eigenvalue weighted by molar-refractivity contribution is 5.24. The van der Waals surface area contributed by atoms with E-state index in [0.717, 1.165) is 44.7 Å². The minimum Gasteiger partial charge on any atom is -0.310 e. The van der Waals surface area contributed by atoms with Crippen molar-refractivity contribution in [1.29, 1.82) is 0 Å². The molecular formula is C17H24F3N. The fraction of sp³-hybridized carbons (Fsp3) is 0.647. The Morgan fingerprint density at radius 3 is 2.29 bits per heavy atom. The smallest absolute Gasteiger partial charge is 0.161 e. The molecule has 1 unspecified atom stereocenters. The highest BCUT2D eigenvalue weighted by atomic mass is 19.2. The van der Waals surface area contributed by atoms with Crippen molar-refractivity contribution in [2.24, 2.45) is 11.8 Å². The molecule has 1 aromatic carbocycles. The van der Waals surface area contributed by atoms with Gasteiger partial charge in [-0.2, -0.15) is 0 Å². The first-order valence-corrected chi connectivity index (χ1v) is 7.90. The number of nitrogens with one attached hydrogen (secondary N) is 1. The lowest BCUT2D eigenvalue weighted by Gasteiger charge is -2.34. The number of hydrogen-bond acceptors (Lipinski definition) is 1. The van der Waals surface area contributed by atoms with Gasteiger partial charge in [0.25, 0.3) is 0 Å². The van der Waals surface area contributed by atoms with E-state index in [-0.39, 0.29) is 17.5 Å². The van der Waals surface area contributed by atoms with Crippen molar-refractivity contribution in [3.8, 4) is 0 Å². The summed E-state index contributed by atoms with van der Waals surface area (Å²) in [4.78, 5) is 0. The van der Waals surface area contributed by atoms with Gasteiger partial charge in [0, 0.05) is 17.7 Å². The maximum absolute atomic E-state index is 14.1. The van der Waals surface area contributed by atoms with Crippen molar-refractivity contribution >= 4 is 0 Å². The third-order valence-electron chi connectivity index (χ3n) is 4.52. The summed E-state index contributed by atoms with van der Waals surface area (Å²) < 4.78 is 40.7. The molecule has 1 fully saturated rings. The summed E-state index contributed by atoms with van der Waals surface area (Å²) in [6.45, 7) is 5.01. The molecule has 2 rings (SSSR count). The van der Waals surface area contributed by atoms with Gasteiger partial charge in [-0.3, -0.25) is 0 Å². The molecule has 1 aromatic rings. The zero-order valence-corrected chi connectivity index (χ0v) is 12.8. The lowest BCUT2D eigenvalue weighted by Crippen LogP contribution is -2.32. The van der Waals surface area contributed by atoms with Crippen LogP contribution in [0.15, 0.2) is 12.1 Å². The first kappa shape index (κ1) is 16.3. The molecule has 0 amide bonds. The third kappa shape index (κ3) is 4.00. The predicted molar refractivity (Wildman–Crippen MR) is 78.5 cm³/mol. The molecule has 0 aromatic heterocycles. The summed E-state index contributed by atoms with van der Waals surface area (Å²) in [5.74, 6) is -1.77. The second-order valence-electron chi connectivity index (χ2n) is 6.24. The SMILES string of the molecule is CCCNC(c1cc(F)c(F)cc1F)C1CCC(C)CC1. The first-order chi connectivity index (χ1) is 10.0. The Bertz CT molecular complexity index is 467. The van der Waals surface area contributed by atoms with Gasteiger partial charge in [0.1, 0.15) is 5.82 Å². The molecule has 1 aliphatic rings. The summed E-state index contributed by atoms with van der Waals surface area (Å²) in [5.41, 5.74) is 0.266. The highest BCUT2D eigenvalue weighted by Crippen LogP contribution is 2.37. The molecule has 0 heterocycles. The molecule has 0 radical (unpaired) electrons. The average molecular weight is 299 g/mol. The quantitative estimate of drug-likeness (QED) is 0.757. The number of rotatable bonds is 5. The van der Waals surface area contributed by atoms with Crippen LogP contribution >= 0.6 is 0 Å². The predicted octanol–water partition coefficient (Wildman–Crippen LogP) is 4.97. The minimum atomic E-state index is -1.12. The summed E-state index contributed by atoms with van der Waals surface area (Å²) in [5, 5.41) is 3.33. The van der Waals surface area contributed by atoms with Crippen LogP contribution in [0.3, 0.4) is 0 Å². The van der Waals surface area contributed by atoms with E-state index >= 15 is 0 Å². The van der Waals surface area contributed by atoms with Crippen LogP contribution in [0.1, 0.15) is 57.6 Å². The summed E-state index contributed by atoms with van der Waals surface area (Å²) in [6, 6.07) is 1.46. The summed E-state index contributed by atoms with van der Waals surface area (Å²) >= 11 is 0. The molecule has 1 aliphatic carbocycles. The summed E-state index contributed by atoms with van der Waals surface area (Å²) in [7, 11) is 0. The molecule has 1 nitrogen and oxygen atoms in total. The second kappa shape index (κ2) is 7.30. The Balaban J connectivity index is 2.25. The standard InChI is InChI=1S/C17H24F3N/c1-3-8-21-17(12-6-4-11(2)5-7-12)13-9-15(19)16(20)10-14(13)18/h9-12,17,21H,3-8H2,1-2H3. The molecule has 21 heavy (non-hydrogen) atoms. The lowest BCUT2D eigenvalue weighted by molar-refractivity contribution is 0.228. The van der Waals surface area contributed by atoms with E-state index in [2.05, 4.69) is 12.2 Å². The number of hydrogen-bond donors (Lipinski definition) is 1. The average Bonchev–Trinajstić information content (AvgIpc) is 2.46. The van der Waals surface area contributed by atoms with Gasteiger partial charge < -0.3 is 5.32 Å². The van der Waals surface area contributed by atoms with Crippen LogP contribution in [-0.4, -0.2) is 6.54 Å². The minimum absolute atomic E-state index is 0.229. The Morgan fingerprint density at radius 1 is 1.05 bits per heavy atom. The topological polar surface area (TPSA) is 12.0 Å². The van der Waals surface area contributed by atoms with E-state index in [1.165, 1.54) is 0 Å². The largest absolute Gasteiger partial charge is 0.310 e. The molecule has 1 atom stereocenters. The Kier molecular flexibility index (Phi) is 5.68. The number of benzene rings is 1. The van der Waals surface area contributed by atoms with Gasteiger partial charge in [-0.25, -0.2) is 13.2 Å². The molecule has 4 heteroatoms. The normalized spacial score (nSPS) is 24.0. The molecule has 0 saturated heterocycles. The van der Waals surface area contributed by atoms with Crippen LogP contribution in [0.2, 0.25) is 0 Å². The van der Waals surface area contributed by atoms with Crippen molar-refractivity contribution in [2.75, 3.05) is 6.54 Å². The van der Waals surface area contributed by atoms with Gasteiger partial charge in [-0.05, 0) is 43.7 Å². The van der Waals surface area contributed by atoms with E-state index < -0.39 is 17.5 Å². The van der Waals surface area contributed by atoms with Crippen LogP contribution in [0.25, 0.3) is 0 Å². The number of halogens is 3.